The highest BCUT2D eigenvalue weighted by Gasteiger charge is 2.16. The average Bonchev–Trinajstić information content (AvgIpc) is 3.38. The number of rotatable bonds is 6. The first-order valence-corrected chi connectivity index (χ1v) is 12.2. The molecule has 0 aliphatic heterocycles. The number of aromatic nitrogens is 4. The van der Waals surface area contributed by atoms with Gasteiger partial charge in [0, 0.05) is 27.5 Å². The fraction of sp³-hybridized carbons (Fsp3) is 0. The maximum Gasteiger partial charge on any atom is 0.261 e. The van der Waals surface area contributed by atoms with Crippen LogP contribution in [-0.2, 0) is 10.0 Å². The molecule has 0 saturated heterocycles. The van der Waals surface area contributed by atoms with Crippen molar-refractivity contribution >= 4 is 49.7 Å². The number of hydrogen-bond donors (Lipinski definition) is 3. The van der Waals surface area contributed by atoms with E-state index in [0.29, 0.717) is 22.1 Å². The van der Waals surface area contributed by atoms with Crippen LogP contribution >= 0.6 is 11.6 Å². The molecule has 0 aliphatic rings. The number of nitrogens with one attached hydrogen (secondary N) is 3. The van der Waals surface area contributed by atoms with E-state index in [1.54, 1.807) is 54.6 Å². The zero-order valence-electron chi connectivity index (χ0n) is 17.9. The van der Waals surface area contributed by atoms with Gasteiger partial charge < -0.3 is 5.32 Å². The minimum absolute atomic E-state index is 0.124. The van der Waals surface area contributed by atoms with Crippen LogP contribution in [-0.4, -0.2) is 34.9 Å². The van der Waals surface area contributed by atoms with Crippen molar-refractivity contribution in [3.05, 3.63) is 95.5 Å². The number of fused-ring (bicyclic) bond motifs is 1. The third kappa shape index (κ3) is 4.98. The number of amides is 1. The van der Waals surface area contributed by atoms with Gasteiger partial charge in [-0.05, 0) is 64.5 Å². The molecule has 0 saturated carbocycles. The molecule has 0 spiro atoms. The van der Waals surface area contributed by atoms with E-state index in [-0.39, 0.29) is 16.1 Å². The van der Waals surface area contributed by atoms with Crippen LogP contribution < -0.4 is 10.0 Å². The number of benzene rings is 4. The SMILES string of the molecule is O=C(Nc1cc(Cl)cc(-c2nn[nH]n2)c1)c1cccc(NS(=O)(=O)c2ccc3ccccc3c2)c1. The Labute approximate surface area is 205 Å². The second-order valence-corrected chi connectivity index (χ2v) is 9.73. The van der Waals surface area contributed by atoms with Gasteiger partial charge in [0.15, 0.2) is 0 Å². The lowest BCUT2D eigenvalue weighted by Gasteiger charge is -2.11. The Hall–Kier alpha value is -4.28. The van der Waals surface area contributed by atoms with E-state index < -0.39 is 15.9 Å². The summed E-state index contributed by atoms with van der Waals surface area (Å²) in [6.07, 6.45) is 0. The third-order valence-corrected chi connectivity index (χ3v) is 6.76. The smallest absolute Gasteiger partial charge is 0.261 e. The molecule has 1 heterocycles. The standard InChI is InChI=1S/C24H17ClN6O3S/c25-19-10-18(23-27-30-31-28-23)12-21(14-19)26-24(32)17-6-3-7-20(11-17)29-35(33,34)22-9-8-15-4-1-2-5-16(15)13-22/h1-14,29H,(H,26,32)(H,27,28,30,31). The fourth-order valence-electron chi connectivity index (χ4n) is 3.55. The van der Waals surface area contributed by atoms with Crippen LogP contribution in [0, 0.1) is 0 Å². The van der Waals surface area contributed by atoms with Crippen molar-refractivity contribution in [2.75, 3.05) is 10.0 Å². The Morgan fingerprint density at radius 3 is 2.49 bits per heavy atom. The lowest BCUT2D eigenvalue weighted by atomic mass is 10.1. The molecule has 5 rings (SSSR count). The first-order valence-electron chi connectivity index (χ1n) is 10.3. The molecule has 9 nitrogen and oxygen atoms in total. The Balaban J connectivity index is 1.36. The van der Waals surface area contributed by atoms with E-state index in [1.165, 1.54) is 6.07 Å². The molecule has 1 amide bonds. The molecular formula is C24H17ClN6O3S. The van der Waals surface area contributed by atoms with E-state index in [4.69, 9.17) is 11.6 Å². The van der Waals surface area contributed by atoms with Crippen molar-refractivity contribution in [1.29, 1.82) is 0 Å². The van der Waals surface area contributed by atoms with Crippen molar-refractivity contribution in [2.45, 2.75) is 4.90 Å². The molecule has 0 atom stereocenters. The quantitative estimate of drug-likeness (QED) is 0.306. The number of sulfonamides is 1. The summed E-state index contributed by atoms with van der Waals surface area (Å²) in [5.41, 5.74) is 1.50. The van der Waals surface area contributed by atoms with Crippen molar-refractivity contribution in [2.24, 2.45) is 0 Å². The van der Waals surface area contributed by atoms with E-state index in [9.17, 15) is 13.2 Å². The summed E-state index contributed by atoms with van der Waals surface area (Å²) >= 11 is 6.17. The Morgan fingerprint density at radius 2 is 1.69 bits per heavy atom. The number of carbonyl (C=O) groups excluding carboxylic acids is 1. The maximum absolute atomic E-state index is 13.0. The van der Waals surface area contributed by atoms with Crippen LogP contribution in [0.15, 0.2) is 89.8 Å². The Bertz CT molecular complexity index is 1660. The molecular weight excluding hydrogens is 488 g/mol. The van der Waals surface area contributed by atoms with Gasteiger partial charge in [0.1, 0.15) is 0 Å². The van der Waals surface area contributed by atoms with Gasteiger partial charge in [-0.2, -0.15) is 5.21 Å². The molecule has 3 N–H and O–H groups in total. The van der Waals surface area contributed by atoms with E-state index in [1.807, 2.05) is 24.3 Å². The summed E-state index contributed by atoms with van der Waals surface area (Å²) in [5.74, 6) is -0.119. The van der Waals surface area contributed by atoms with Crippen molar-refractivity contribution < 1.29 is 13.2 Å². The number of halogens is 1. The van der Waals surface area contributed by atoms with Gasteiger partial charge in [-0.15, -0.1) is 10.2 Å². The Kier molecular flexibility index (Phi) is 5.89. The first-order chi connectivity index (χ1) is 16.9. The summed E-state index contributed by atoms with van der Waals surface area (Å²) in [6.45, 7) is 0. The molecule has 0 unspecified atom stereocenters. The highest BCUT2D eigenvalue weighted by Crippen LogP contribution is 2.26. The number of aromatic amines is 1. The van der Waals surface area contributed by atoms with Crippen LogP contribution in [0.1, 0.15) is 10.4 Å². The predicted molar refractivity (Wildman–Crippen MR) is 134 cm³/mol. The van der Waals surface area contributed by atoms with Gasteiger partial charge in [-0.1, -0.05) is 48.0 Å². The van der Waals surface area contributed by atoms with E-state index >= 15 is 0 Å². The molecule has 5 aromatic rings. The second kappa shape index (κ2) is 9.16. The second-order valence-electron chi connectivity index (χ2n) is 7.61. The van der Waals surface area contributed by atoms with Gasteiger partial charge in [-0.25, -0.2) is 8.42 Å². The van der Waals surface area contributed by atoms with Crippen LogP contribution in [0.4, 0.5) is 11.4 Å². The summed E-state index contributed by atoms with van der Waals surface area (Å²) in [4.78, 5) is 13.0. The lowest BCUT2D eigenvalue weighted by Crippen LogP contribution is -2.15. The molecule has 11 heteroatoms. The maximum atomic E-state index is 13.0. The van der Waals surface area contributed by atoms with Gasteiger partial charge >= 0.3 is 0 Å². The minimum Gasteiger partial charge on any atom is -0.322 e. The zero-order valence-corrected chi connectivity index (χ0v) is 19.5. The molecule has 0 bridgehead atoms. The number of anilines is 2. The molecule has 174 valence electrons. The van der Waals surface area contributed by atoms with Crippen molar-refractivity contribution in [1.82, 2.24) is 20.6 Å². The largest absolute Gasteiger partial charge is 0.322 e. The normalized spacial score (nSPS) is 11.3. The highest BCUT2D eigenvalue weighted by molar-refractivity contribution is 7.92. The van der Waals surface area contributed by atoms with Crippen molar-refractivity contribution in [3.8, 4) is 11.4 Å². The summed E-state index contributed by atoms with van der Waals surface area (Å²) in [6, 6.07) is 23.5. The topological polar surface area (TPSA) is 130 Å². The van der Waals surface area contributed by atoms with Gasteiger partial charge in [0.2, 0.25) is 5.82 Å². The van der Waals surface area contributed by atoms with Gasteiger partial charge in [0.05, 0.1) is 4.90 Å². The molecule has 0 radical (unpaired) electrons. The van der Waals surface area contributed by atoms with Gasteiger partial charge in [0.25, 0.3) is 15.9 Å². The summed E-state index contributed by atoms with van der Waals surface area (Å²) in [7, 11) is -3.86. The number of H-pyrrole nitrogens is 1. The monoisotopic (exact) mass is 504 g/mol. The molecule has 0 aliphatic carbocycles. The van der Waals surface area contributed by atoms with Crippen molar-refractivity contribution in [3.63, 3.8) is 0 Å². The van der Waals surface area contributed by atoms with E-state index in [0.717, 1.165) is 10.8 Å². The average molecular weight is 505 g/mol. The van der Waals surface area contributed by atoms with Crippen LogP contribution in [0.2, 0.25) is 5.02 Å². The number of nitrogens with zero attached hydrogens (tertiary/aromatic N) is 3. The lowest BCUT2D eigenvalue weighted by molar-refractivity contribution is 0.102. The predicted octanol–water partition coefficient (Wildman–Crippen LogP) is 4.73. The minimum atomic E-state index is -3.86. The molecule has 0 fully saturated rings. The number of carbonyl (C=O) groups is 1. The van der Waals surface area contributed by atoms with Crippen LogP contribution in [0.3, 0.4) is 0 Å². The fourth-order valence-corrected chi connectivity index (χ4v) is 4.87. The van der Waals surface area contributed by atoms with Gasteiger partial charge in [-0.3, -0.25) is 9.52 Å². The third-order valence-electron chi connectivity index (χ3n) is 5.17. The zero-order chi connectivity index (χ0) is 24.4. The Morgan fingerprint density at radius 1 is 0.857 bits per heavy atom. The molecule has 35 heavy (non-hydrogen) atoms. The number of hydrogen-bond acceptors (Lipinski definition) is 6. The summed E-state index contributed by atoms with van der Waals surface area (Å²) in [5, 5.41) is 18.6. The number of tetrazole rings is 1. The van der Waals surface area contributed by atoms with Crippen LogP contribution in [0.25, 0.3) is 22.2 Å². The highest BCUT2D eigenvalue weighted by atomic mass is 35.5. The molecule has 1 aromatic heterocycles. The summed E-state index contributed by atoms with van der Waals surface area (Å²) < 4.78 is 28.5. The van der Waals surface area contributed by atoms with Crippen LogP contribution in [0.5, 0.6) is 0 Å². The molecule has 4 aromatic carbocycles. The first kappa shape index (κ1) is 22.5. The van der Waals surface area contributed by atoms with E-state index in [2.05, 4.69) is 30.7 Å².